The highest BCUT2D eigenvalue weighted by Crippen LogP contribution is 2.10. The zero-order valence-corrected chi connectivity index (χ0v) is 13.6. The first-order chi connectivity index (χ1) is 9.81. The molecule has 0 spiro atoms. The van der Waals surface area contributed by atoms with Crippen LogP contribution < -0.4 is 11.1 Å². The Kier molecular flexibility index (Phi) is 16.0. The normalized spacial score (nSPS) is 10.7. The molecule has 0 heterocycles. The highest BCUT2D eigenvalue weighted by Gasteiger charge is 1.99. The van der Waals surface area contributed by atoms with Gasteiger partial charge in [-0.3, -0.25) is 4.79 Å². The number of carbonyl (C=O) groups excluding carboxylic acids is 1. The largest absolute Gasteiger partial charge is 0.356 e. The zero-order chi connectivity index (χ0) is 14.9. The van der Waals surface area contributed by atoms with E-state index in [9.17, 15) is 4.79 Å². The van der Waals surface area contributed by atoms with Gasteiger partial charge in [0.15, 0.2) is 0 Å². The number of rotatable bonds is 15. The third-order valence-corrected chi connectivity index (χ3v) is 3.71. The maximum absolute atomic E-state index is 11.4. The van der Waals surface area contributed by atoms with Crippen molar-refractivity contribution in [1.29, 1.82) is 0 Å². The van der Waals surface area contributed by atoms with Gasteiger partial charge < -0.3 is 11.1 Å². The van der Waals surface area contributed by atoms with Crippen LogP contribution in [0.15, 0.2) is 0 Å². The minimum Gasteiger partial charge on any atom is -0.356 e. The first kappa shape index (κ1) is 19.4. The SMILES string of the molecule is CCCCCCCCCCCCNC(=O)CCCCN. The van der Waals surface area contributed by atoms with E-state index in [0.29, 0.717) is 13.0 Å². The highest BCUT2D eigenvalue weighted by atomic mass is 16.1. The molecule has 20 heavy (non-hydrogen) atoms. The van der Waals surface area contributed by atoms with Crippen LogP contribution in [0.25, 0.3) is 0 Å². The van der Waals surface area contributed by atoms with Crippen LogP contribution in [0.5, 0.6) is 0 Å². The van der Waals surface area contributed by atoms with Crippen molar-refractivity contribution in [2.75, 3.05) is 13.1 Å². The smallest absolute Gasteiger partial charge is 0.219 e. The lowest BCUT2D eigenvalue weighted by Crippen LogP contribution is -2.24. The van der Waals surface area contributed by atoms with Crippen LogP contribution in [0.1, 0.15) is 90.4 Å². The lowest BCUT2D eigenvalue weighted by molar-refractivity contribution is -0.121. The first-order valence-electron chi connectivity index (χ1n) is 8.78. The van der Waals surface area contributed by atoms with Crippen molar-refractivity contribution < 1.29 is 4.79 Å². The minimum absolute atomic E-state index is 0.189. The molecule has 0 aromatic heterocycles. The van der Waals surface area contributed by atoms with E-state index in [1.54, 1.807) is 0 Å². The van der Waals surface area contributed by atoms with Crippen molar-refractivity contribution in [3.05, 3.63) is 0 Å². The van der Waals surface area contributed by atoms with E-state index in [4.69, 9.17) is 5.73 Å². The molecule has 0 radical (unpaired) electrons. The number of hydrogen-bond acceptors (Lipinski definition) is 2. The van der Waals surface area contributed by atoms with Crippen LogP contribution in [-0.4, -0.2) is 19.0 Å². The molecule has 3 N–H and O–H groups in total. The molecule has 0 aliphatic carbocycles. The molecular formula is C17H36N2O. The average molecular weight is 284 g/mol. The van der Waals surface area contributed by atoms with Gasteiger partial charge >= 0.3 is 0 Å². The maximum atomic E-state index is 11.4. The fraction of sp³-hybridized carbons (Fsp3) is 0.941. The van der Waals surface area contributed by atoms with Crippen molar-refractivity contribution in [2.24, 2.45) is 5.73 Å². The number of nitrogens with two attached hydrogens (primary N) is 1. The third-order valence-electron chi connectivity index (χ3n) is 3.71. The van der Waals surface area contributed by atoms with Gasteiger partial charge in [0.05, 0.1) is 0 Å². The van der Waals surface area contributed by atoms with Crippen LogP contribution in [0.3, 0.4) is 0 Å². The molecule has 1 amide bonds. The topological polar surface area (TPSA) is 55.1 Å². The fourth-order valence-corrected chi connectivity index (χ4v) is 2.36. The summed E-state index contributed by atoms with van der Waals surface area (Å²) >= 11 is 0. The summed E-state index contributed by atoms with van der Waals surface area (Å²) in [7, 11) is 0. The summed E-state index contributed by atoms with van der Waals surface area (Å²) in [5.41, 5.74) is 5.40. The van der Waals surface area contributed by atoms with E-state index in [-0.39, 0.29) is 5.91 Å². The highest BCUT2D eigenvalue weighted by molar-refractivity contribution is 5.75. The molecule has 0 saturated carbocycles. The van der Waals surface area contributed by atoms with Crippen LogP contribution in [-0.2, 0) is 4.79 Å². The van der Waals surface area contributed by atoms with Gasteiger partial charge in [0, 0.05) is 13.0 Å². The maximum Gasteiger partial charge on any atom is 0.219 e. The Hall–Kier alpha value is -0.570. The standard InChI is InChI=1S/C17H36N2O/c1-2-3-4-5-6-7-8-9-10-13-16-19-17(20)14-11-12-15-18/h2-16,18H2,1H3,(H,19,20). The summed E-state index contributed by atoms with van der Waals surface area (Å²) < 4.78 is 0. The van der Waals surface area contributed by atoms with Crippen molar-refractivity contribution >= 4 is 5.91 Å². The summed E-state index contributed by atoms with van der Waals surface area (Å²) in [5, 5.41) is 2.99. The molecule has 0 aromatic carbocycles. The third kappa shape index (κ3) is 15.5. The predicted octanol–water partition coefficient (Wildman–Crippen LogP) is 4.15. The van der Waals surface area contributed by atoms with Gasteiger partial charge in [0.2, 0.25) is 5.91 Å². The van der Waals surface area contributed by atoms with Gasteiger partial charge in [0.1, 0.15) is 0 Å². The van der Waals surface area contributed by atoms with E-state index < -0.39 is 0 Å². The van der Waals surface area contributed by atoms with Gasteiger partial charge in [-0.25, -0.2) is 0 Å². The quantitative estimate of drug-likeness (QED) is 0.444. The molecule has 120 valence electrons. The average Bonchev–Trinajstić information content (AvgIpc) is 2.45. The molecule has 0 bridgehead atoms. The van der Waals surface area contributed by atoms with Crippen molar-refractivity contribution in [1.82, 2.24) is 5.32 Å². The Morgan fingerprint density at radius 1 is 0.800 bits per heavy atom. The molecule has 0 rings (SSSR count). The minimum atomic E-state index is 0.189. The molecule has 3 heteroatoms. The van der Waals surface area contributed by atoms with Gasteiger partial charge in [-0.15, -0.1) is 0 Å². The van der Waals surface area contributed by atoms with Crippen molar-refractivity contribution in [2.45, 2.75) is 90.4 Å². The van der Waals surface area contributed by atoms with Crippen LogP contribution >= 0.6 is 0 Å². The van der Waals surface area contributed by atoms with Crippen LogP contribution in [0.2, 0.25) is 0 Å². The second-order valence-electron chi connectivity index (χ2n) is 5.78. The Morgan fingerprint density at radius 3 is 1.90 bits per heavy atom. The summed E-state index contributed by atoms with van der Waals surface area (Å²) in [5.74, 6) is 0.189. The number of hydrogen-bond donors (Lipinski definition) is 2. The molecule has 0 atom stereocenters. The molecular weight excluding hydrogens is 248 g/mol. The van der Waals surface area contributed by atoms with Crippen molar-refractivity contribution in [3.8, 4) is 0 Å². The van der Waals surface area contributed by atoms with Crippen LogP contribution in [0, 0.1) is 0 Å². The number of nitrogens with one attached hydrogen (secondary N) is 1. The van der Waals surface area contributed by atoms with Crippen molar-refractivity contribution in [3.63, 3.8) is 0 Å². The Morgan fingerprint density at radius 2 is 1.35 bits per heavy atom. The zero-order valence-electron chi connectivity index (χ0n) is 13.6. The lowest BCUT2D eigenvalue weighted by Gasteiger charge is -2.05. The monoisotopic (exact) mass is 284 g/mol. The van der Waals surface area contributed by atoms with E-state index in [1.165, 1.54) is 57.8 Å². The van der Waals surface area contributed by atoms with Gasteiger partial charge in [0.25, 0.3) is 0 Å². The summed E-state index contributed by atoms with van der Waals surface area (Å²) in [4.78, 5) is 11.4. The van der Waals surface area contributed by atoms with E-state index in [0.717, 1.165) is 25.8 Å². The number of carbonyl (C=O) groups is 1. The summed E-state index contributed by atoms with van der Waals surface area (Å²) in [6, 6.07) is 0. The molecule has 0 unspecified atom stereocenters. The number of amides is 1. The number of unbranched alkanes of at least 4 members (excludes halogenated alkanes) is 10. The predicted molar refractivity (Wildman–Crippen MR) is 87.8 cm³/mol. The fourth-order valence-electron chi connectivity index (χ4n) is 2.36. The second-order valence-corrected chi connectivity index (χ2v) is 5.78. The van der Waals surface area contributed by atoms with Crippen LogP contribution in [0.4, 0.5) is 0 Å². The van der Waals surface area contributed by atoms with Gasteiger partial charge in [-0.05, 0) is 25.8 Å². The van der Waals surface area contributed by atoms with E-state index in [1.807, 2.05) is 0 Å². The first-order valence-corrected chi connectivity index (χ1v) is 8.78. The molecule has 0 aromatic rings. The van der Waals surface area contributed by atoms with E-state index >= 15 is 0 Å². The molecule has 0 aliphatic rings. The molecule has 0 saturated heterocycles. The Labute approximate surface area is 126 Å². The van der Waals surface area contributed by atoms with Gasteiger partial charge in [-0.2, -0.15) is 0 Å². The van der Waals surface area contributed by atoms with E-state index in [2.05, 4.69) is 12.2 Å². The Balaban J connectivity index is 3.07. The summed E-state index contributed by atoms with van der Waals surface area (Å²) in [6.45, 7) is 3.79. The Bertz CT molecular complexity index is 207. The molecule has 0 fully saturated rings. The molecule has 0 aliphatic heterocycles. The lowest BCUT2D eigenvalue weighted by atomic mass is 10.1. The van der Waals surface area contributed by atoms with Gasteiger partial charge in [-0.1, -0.05) is 64.7 Å². The second kappa shape index (κ2) is 16.5. The molecule has 3 nitrogen and oxygen atoms in total. The summed E-state index contributed by atoms with van der Waals surface area (Å²) in [6.07, 6.45) is 15.9.